The summed E-state index contributed by atoms with van der Waals surface area (Å²) in [6.07, 6.45) is 6.28. The van der Waals surface area contributed by atoms with Crippen molar-refractivity contribution in [3.63, 3.8) is 0 Å². The molecule has 1 aromatic rings. The number of amides is 1. The number of carbonyl (C=O) groups excluding carboxylic acids is 1. The zero-order chi connectivity index (χ0) is 14.4. The number of nitrogens with one attached hydrogen (secondary N) is 2. The average Bonchev–Trinajstić information content (AvgIpc) is 2.47. The molecule has 0 saturated heterocycles. The molecule has 0 aromatic heterocycles. The Hall–Kier alpha value is -1.55. The molecule has 1 aromatic carbocycles. The van der Waals surface area contributed by atoms with Gasteiger partial charge in [-0.1, -0.05) is 37.5 Å². The number of phenolic OH excluding ortho intramolecular Hbond substituents is 1. The SMILES string of the molecule is CNC1(CC(=O)NCc2ccccc2O)CCCCC1. The molecule has 2 rings (SSSR count). The number of benzene rings is 1. The smallest absolute Gasteiger partial charge is 0.222 e. The second-order valence-corrected chi connectivity index (χ2v) is 5.67. The number of hydrogen-bond donors (Lipinski definition) is 3. The molecule has 3 N–H and O–H groups in total. The van der Waals surface area contributed by atoms with Crippen LogP contribution >= 0.6 is 0 Å². The Morgan fingerprint density at radius 1 is 1.25 bits per heavy atom. The Balaban J connectivity index is 1.87. The number of rotatable bonds is 5. The van der Waals surface area contributed by atoms with Gasteiger partial charge < -0.3 is 15.7 Å². The second kappa shape index (κ2) is 6.75. The van der Waals surface area contributed by atoms with Gasteiger partial charge >= 0.3 is 0 Å². The van der Waals surface area contributed by atoms with Gasteiger partial charge in [0.25, 0.3) is 0 Å². The predicted octanol–water partition coefficient (Wildman–Crippen LogP) is 2.32. The van der Waals surface area contributed by atoms with E-state index in [2.05, 4.69) is 10.6 Å². The molecule has 0 bridgehead atoms. The van der Waals surface area contributed by atoms with Gasteiger partial charge in [0.15, 0.2) is 0 Å². The van der Waals surface area contributed by atoms with Crippen molar-refractivity contribution in [3.8, 4) is 5.75 Å². The lowest BCUT2D eigenvalue weighted by atomic mass is 9.79. The first-order chi connectivity index (χ1) is 9.65. The van der Waals surface area contributed by atoms with Crippen LogP contribution in [0.15, 0.2) is 24.3 Å². The highest BCUT2D eigenvalue weighted by Gasteiger charge is 2.32. The molecule has 0 heterocycles. The summed E-state index contributed by atoms with van der Waals surface area (Å²) < 4.78 is 0. The van der Waals surface area contributed by atoms with Crippen LogP contribution in [0.25, 0.3) is 0 Å². The maximum Gasteiger partial charge on any atom is 0.222 e. The van der Waals surface area contributed by atoms with E-state index in [1.54, 1.807) is 12.1 Å². The maximum absolute atomic E-state index is 12.1. The van der Waals surface area contributed by atoms with Crippen molar-refractivity contribution < 1.29 is 9.90 Å². The number of phenols is 1. The highest BCUT2D eigenvalue weighted by Crippen LogP contribution is 2.30. The molecule has 4 nitrogen and oxygen atoms in total. The summed E-state index contributed by atoms with van der Waals surface area (Å²) in [4.78, 5) is 12.1. The lowest BCUT2D eigenvalue weighted by Gasteiger charge is -2.36. The van der Waals surface area contributed by atoms with Gasteiger partial charge in [0.1, 0.15) is 5.75 Å². The number of aromatic hydroxyl groups is 1. The van der Waals surface area contributed by atoms with Gasteiger partial charge in [-0.3, -0.25) is 4.79 Å². The lowest BCUT2D eigenvalue weighted by molar-refractivity contribution is -0.123. The van der Waals surface area contributed by atoms with Gasteiger partial charge in [-0.05, 0) is 26.0 Å². The van der Waals surface area contributed by atoms with Gasteiger partial charge in [-0.2, -0.15) is 0 Å². The Morgan fingerprint density at radius 2 is 1.95 bits per heavy atom. The molecule has 4 heteroatoms. The third-order valence-electron chi connectivity index (χ3n) is 4.31. The number of carbonyl (C=O) groups is 1. The van der Waals surface area contributed by atoms with Crippen LogP contribution in [0.1, 0.15) is 44.1 Å². The van der Waals surface area contributed by atoms with E-state index in [0.717, 1.165) is 18.4 Å². The fourth-order valence-electron chi connectivity index (χ4n) is 2.97. The van der Waals surface area contributed by atoms with Gasteiger partial charge in [0.2, 0.25) is 5.91 Å². The van der Waals surface area contributed by atoms with E-state index in [1.165, 1.54) is 19.3 Å². The highest BCUT2D eigenvalue weighted by molar-refractivity contribution is 5.77. The third-order valence-corrected chi connectivity index (χ3v) is 4.31. The molecular formula is C16H24N2O2. The Bertz CT molecular complexity index is 454. The van der Waals surface area contributed by atoms with Crippen LogP contribution in [0.5, 0.6) is 5.75 Å². The highest BCUT2D eigenvalue weighted by atomic mass is 16.3. The summed E-state index contributed by atoms with van der Waals surface area (Å²) >= 11 is 0. The number of hydrogen-bond acceptors (Lipinski definition) is 3. The van der Waals surface area contributed by atoms with E-state index in [1.807, 2.05) is 19.2 Å². The quantitative estimate of drug-likeness (QED) is 0.773. The van der Waals surface area contributed by atoms with Crippen LogP contribution in [-0.4, -0.2) is 23.6 Å². The van der Waals surface area contributed by atoms with E-state index in [-0.39, 0.29) is 17.2 Å². The summed E-state index contributed by atoms with van der Waals surface area (Å²) in [5.41, 5.74) is 0.712. The largest absolute Gasteiger partial charge is 0.508 e. The molecule has 0 radical (unpaired) electrons. The first-order valence-electron chi connectivity index (χ1n) is 7.38. The van der Waals surface area contributed by atoms with Crippen molar-refractivity contribution in [2.75, 3.05) is 7.05 Å². The van der Waals surface area contributed by atoms with Crippen molar-refractivity contribution in [2.45, 2.75) is 50.6 Å². The van der Waals surface area contributed by atoms with Crippen LogP contribution in [0, 0.1) is 0 Å². The Kier molecular flexibility index (Phi) is 5.01. The third kappa shape index (κ3) is 3.73. The summed E-state index contributed by atoms with van der Waals surface area (Å²) in [5, 5.41) is 15.9. The molecule has 0 aliphatic heterocycles. The number of para-hydroxylation sites is 1. The van der Waals surface area contributed by atoms with E-state index in [4.69, 9.17) is 0 Å². The minimum Gasteiger partial charge on any atom is -0.508 e. The molecule has 1 amide bonds. The van der Waals surface area contributed by atoms with E-state index >= 15 is 0 Å². The van der Waals surface area contributed by atoms with Crippen molar-refractivity contribution in [1.29, 1.82) is 0 Å². The van der Waals surface area contributed by atoms with Gasteiger partial charge in [-0.25, -0.2) is 0 Å². The summed E-state index contributed by atoms with van der Waals surface area (Å²) in [5.74, 6) is 0.276. The zero-order valence-electron chi connectivity index (χ0n) is 12.1. The molecule has 0 atom stereocenters. The standard InChI is InChI=1S/C16H24N2O2/c1-17-16(9-5-2-6-10-16)11-15(20)18-12-13-7-3-4-8-14(13)19/h3-4,7-8,17,19H,2,5-6,9-12H2,1H3,(H,18,20). The minimum absolute atomic E-state index is 0.0406. The Morgan fingerprint density at radius 3 is 2.60 bits per heavy atom. The van der Waals surface area contributed by atoms with Gasteiger partial charge in [-0.15, -0.1) is 0 Å². The fraction of sp³-hybridized carbons (Fsp3) is 0.562. The molecule has 1 fully saturated rings. The lowest BCUT2D eigenvalue weighted by Crippen LogP contribution is -2.48. The Labute approximate surface area is 120 Å². The minimum atomic E-state index is -0.0406. The van der Waals surface area contributed by atoms with Crippen molar-refractivity contribution in [2.24, 2.45) is 0 Å². The van der Waals surface area contributed by atoms with E-state index in [0.29, 0.717) is 13.0 Å². The predicted molar refractivity (Wildman–Crippen MR) is 79.4 cm³/mol. The summed E-state index contributed by atoms with van der Waals surface area (Å²) in [6, 6.07) is 7.10. The van der Waals surface area contributed by atoms with Crippen LogP contribution in [-0.2, 0) is 11.3 Å². The monoisotopic (exact) mass is 276 g/mol. The molecule has 20 heavy (non-hydrogen) atoms. The first-order valence-corrected chi connectivity index (χ1v) is 7.38. The van der Waals surface area contributed by atoms with Crippen molar-refractivity contribution in [3.05, 3.63) is 29.8 Å². The first kappa shape index (κ1) is 14.9. The van der Waals surface area contributed by atoms with Crippen LogP contribution in [0.4, 0.5) is 0 Å². The molecule has 0 unspecified atom stereocenters. The molecule has 1 aliphatic carbocycles. The maximum atomic E-state index is 12.1. The molecule has 1 aliphatic rings. The van der Waals surface area contributed by atoms with Crippen molar-refractivity contribution >= 4 is 5.91 Å². The van der Waals surface area contributed by atoms with Crippen molar-refractivity contribution in [1.82, 2.24) is 10.6 Å². The van der Waals surface area contributed by atoms with Crippen LogP contribution < -0.4 is 10.6 Å². The molecule has 110 valence electrons. The molecule has 1 saturated carbocycles. The van der Waals surface area contributed by atoms with E-state index in [9.17, 15) is 9.90 Å². The second-order valence-electron chi connectivity index (χ2n) is 5.67. The van der Waals surface area contributed by atoms with Crippen LogP contribution in [0.3, 0.4) is 0 Å². The van der Waals surface area contributed by atoms with E-state index < -0.39 is 0 Å². The molecule has 0 spiro atoms. The summed E-state index contributed by atoms with van der Waals surface area (Å²) in [6.45, 7) is 0.380. The normalized spacial score (nSPS) is 17.6. The van der Waals surface area contributed by atoms with Gasteiger partial charge in [0, 0.05) is 24.1 Å². The topological polar surface area (TPSA) is 61.4 Å². The average molecular weight is 276 g/mol. The zero-order valence-corrected chi connectivity index (χ0v) is 12.1. The fourth-order valence-corrected chi connectivity index (χ4v) is 2.97. The van der Waals surface area contributed by atoms with Crippen LogP contribution in [0.2, 0.25) is 0 Å². The van der Waals surface area contributed by atoms with Gasteiger partial charge in [0.05, 0.1) is 0 Å². The summed E-state index contributed by atoms with van der Waals surface area (Å²) in [7, 11) is 1.95. The molecular weight excluding hydrogens is 252 g/mol.